The van der Waals surface area contributed by atoms with Crippen molar-refractivity contribution in [1.29, 1.82) is 0 Å². The lowest BCUT2D eigenvalue weighted by atomic mass is 10.1. The van der Waals surface area contributed by atoms with Gasteiger partial charge in [0.25, 0.3) is 5.69 Å². The van der Waals surface area contributed by atoms with Crippen LogP contribution < -0.4 is 9.64 Å². The summed E-state index contributed by atoms with van der Waals surface area (Å²) in [7, 11) is -2.06. The zero-order valence-corrected chi connectivity index (χ0v) is 17.8. The number of non-ortho nitro benzene ring substituents is 1. The van der Waals surface area contributed by atoms with Gasteiger partial charge in [0.2, 0.25) is 10.0 Å². The smallest absolute Gasteiger partial charge is 0.269 e. The van der Waals surface area contributed by atoms with Crippen LogP contribution in [0.4, 0.5) is 11.4 Å². The molecule has 1 fully saturated rings. The van der Waals surface area contributed by atoms with Gasteiger partial charge < -0.3 is 9.64 Å². The maximum Gasteiger partial charge on any atom is 0.269 e. The molecule has 0 N–H and O–H groups in total. The number of sulfonamides is 1. The fourth-order valence-corrected chi connectivity index (χ4v) is 5.64. The van der Waals surface area contributed by atoms with E-state index in [-0.39, 0.29) is 5.69 Å². The van der Waals surface area contributed by atoms with Gasteiger partial charge in [-0.25, -0.2) is 8.42 Å². The van der Waals surface area contributed by atoms with Crippen molar-refractivity contribution in [3.63, 3.8) is 0 Å². The molecule has 1 saturated heterocycles. The Labute approximate surface area is 170 Å². The van der Waals surface area contributed by atoms with Crippen LogP contribution in [0.3, 0.4) is 0 Å². The second-order valence-corrected chi connectivity index (χ2v) is 9.01. The van der Waals surface area contributed by atoms with E-state index in [1.807, 2.05) is 18.7 Å². The normalized spacial score (nSPS) is 15.4. The van der Waals surface area contributed by atoms with E-state index in [4.69, 9.17) is 4.74 Å². The molecular formula is C20H25N3O5S. The van der Waals surface area contributed by atoms with Crippen LogP contribution in [0, 0.1) is 30.9 Å². The lowest BCUT2D eigenvalue weighted by molar-refractivity contribution is -0.384. The Bertz CT molecular complexity index is 1030. The number of aryl methyl sites for hydroxylation is 1. The topological polar surface area (TPSA) is 93.0 Å². The Morgan fingerprint density at radius 3 is 2.10 bits per heavy atom. The molecule has 0 atom stereocenters. The van der Waals surface area contributed by atoms with Gasteiger partial charge in [-0.15, -0.1) is 0 Å². The summed E-state index contributed by atoms with van der Waals surface area (Å²) >= 11 is 0. The fourth-order valence-electron chi connectivity index (χ4n) is 3.73. The minimum atomic E-state index is -3.63. The van der Waals surface area contributed by atoms with Crippen LogP contribution in [0.1, 0.15) is 16.7 Å². The van der Waals surface area contributed by atoms with Gasteiger partial charge in [0.1, 0.15) is 5.75 Å². The first-order valence-corrected chi connectivity index (χ1v) is 10.7. The molecule has 0 unspecified atom stereocenters. The van der Waals surface area contributed by atoms with Gasteiger partial charge in [-0.3, -0.25) is 10.1 Å². The van der Waals surface area contributed by atoms with Crippen LogP contribution in [-0.2, 0) is 10.0 Å². The first kappa shape index (κ1) is 21.1. The van der Waals surface area contributed by atoms with Gasteiger partial charge in [-0.1, -0.05) is 0 Å². The van der Waals surface area contributed by atoms with Crippen molar-refractivity contribution in [2.75, 3.05) is 38.2 Å². The van der Waals surface area contributed by atoms with E-state index in [2.05, 4.69) is 0 Å². The number of anilines is 1. The Balaban J connectivity index is 1.80. The lowest BCUT2D eigenvalue weighted by Gasteiger charge is -2.36. The van der Waals surface area contributed by atoms with Crippen LogP contribution in [0.15, 0.2) is 35.2 Å². The van der Waals surface area contributed by atoms with Crippen LogP contribution in [0.2, 0.25) is 0 Å². The maximum atomic E-state index is 13.3. The number of nitrogens with zero attached hydrogens (tertiary/aromatic N) is 3. The molecule has 0 aliphatic carbocycles. The van der Waals surface area contributed by atoms with Gasteiger partial charge in [-0.05, 0) is 55.7 Å². The molecule has 0 bridgehead atoms. The van der Waals surface area contributed by atoms with Crippen molar-refractivity contribution in [3.8, 4) is 5.75 Å². The lowest BCUT2D eigenvalue weighted by Crippen LogP contribution is -2.49. The SMILES string of the molecule is COc1cc(C)c(S(=O)(=O)N2CCN(c3ccc([N+](=O)[O-])cc3)CC2)c(C)c1C. The van der Waals surface area contributed by atoms with Gasteiger partial charge in [0, 0.05) is 44.0 Å². The molecule has 1 heterocycles. The van der Waals surface area contributed by atoms with Crippen LogP contribution in [-0.4, -0.2) is 50.9 Å². The number of ether oxygens (including phenoxy) is 1. The molecule has 0 amide bonds. The minimum Gasteiger partial charge on any atom is -0.496 e. The van der Waals surface area contributed by atoms with Crippen molar-refractivity contribution in [1.82, 2.24) is 4.31 Å². The van der Waals surface area contributed by atoms with Crippen molar-refractivity contribution in [2.24, 2.45) is 0 Å². The molecule has 9 heteroatoms. The van der Waals surface area contributed by atoms with Crippen molar-refractivity contribution < 1.29 is 18.1 Å². The summed E-state index contributed by atoms with van der Waals surface area (Å²) in [5, 5.41) is 10.8. The Morgan fingerprint density at radius 1 is 1.00 bits per heavy atom. The fraction of sp³-hybridized carbons (Fsp3) is 0.400. The predicted octanol–water partition coefficient (Wildman–Crippen LogP) is 3.04. The highest BCUT2D eigenvalue weighted by Crippen LogP contribution is 2.33. The number of rotatable bonds is 5. The summed E-state index contributed by atoms with van der Waals surface area (Å²) in [5.41, 5.74) is 3.08. The third-order valence-electron chi connectivity index (χ3n) is 5.46. The summed E-state index contributed by atoms with van der Waals surface area (Å²) in [4.78, 5) is 12.8. The zero-order chi connectivity index (χ0) is 21.3. The first-order chi connectivity index (χ1) is 13.7. The standard InChI is InChI=1S/C20H25N3O5S/c1-14-13-19(28-4)15(2)16(3)20(14)29(26,27)22-11-9-21(10-12-22)17-5-7-18(8-6-17)23(24)25/h5-8,13H,9-12H2,1-4H3. The highest BCUT2D eigenvalue weighted by molar-refractivity contribution is 7.89. The summed E-state index contributed by atoms with van der Waals surface area (Å²) in [6.45, 7) is 7.19. The molecule has 156 valence electrons. The number of methoxy groups -OCH3 is 1. The Morgan fingerprint density at radius 2 is 1.59 bits per heavy atom. The second-order valence-electron chi connectivity index (χ2n) is 7.14. The number of piperazine rings is 1. The molecular weight excluding hydrogens is 394 g/mol. The third kappa shape index (κ3) is 3.92. The first-order valence-electron chi connectivity index (χ1n) is 9.31. The molecule has 29 heavy (non-hydrogen) atoms. The summed E-state index contributed by atoms with van der Waals surface area (Å²) < 4.78 is 33.5. The van der Waals surface area contributed by atoms with Gasteiger partial charge in [0.15, 0.2) is 0 Å². The van der Waals surface area contributed by atoms with E-state index >= 15 is 0 Å². The van der Waals surface area contributed by atoms with Gasteiger partial charge >= 0.3 is 0 Å². The van der Waals surface area contributed by atoms with E-state index < -0.39 is 14.9 Å². The Kier molecular flexibility index (Phi) is 5.81. The van der Waals surface area contributed by atoms with E-state index in [0.717, 1.165) is 11.3 Å². The van der Waals surface area contributed by atoms with Gasteiger partial charge in [-0.2, -0.15) is 4.31 Å². The van der Waals surface area contributed by atoms with E-state index in [1.165, 1.54) is 16.4 Å². The molecule has 0 aromatic heterocycles. The molecule has 1 aliphatic heterocycles. The number of benzene rings is 2. The second kappa shape index (κ2) is 8.00. The minimum absolute atomic E-state index is 0.0378. The molecule has 8 nitrogen and oxygen atoms in total. The molecule has 3 rings (SSSR count). The highest BCUT2D eigenvalue weighted by Gasteiger charge is 2.32. The van der Waals surface area contributed by atoms with Crippen LogP contribution in [0.25, 0.3) is 0 Å². The zero-order valence-electron chi connectivity index (χ0n) is 17.0. The molecule has 0 saturated carbocycles. The monoisotopic (exact) mass is 419 g/mol. The largest absolute Gasteiger partial charge is 0.496 e. The summed E-state index contributed by atoms with van der Waals surface area (Å²) in [6, 6.07) is 8.09. The third-order valence-corrected chi connectivity index (χ3v) is 7.65. The molecule has 2 aromatic carbocycles. The molecule has 1 aliphatic rings. The average Bonchev–Trinajstić information content (AvgIpc) is 2.70. The van der Waals surface area contributed by atoms with Crippen molar-refractivity contribution >= 4 is 21.4 Å². The highest BCUT2D eigenvalue weighted by atomic mass is 32.2. The number of nitro benzene ring substituents is 1. The predicted molar refractivity (Wildman–Crippen MR) is 111 cm³/mol. The Hall–Kier alpha value is -2.65. The molecule has 0 radical (unpaired) electrons. The van der Waals surface area contributed by atoms with Crippen LogP contribution in [0.5, 0.6) is 5.75 Å². The summed E-state index contributed by atoms with van der Waals surface area (Å²) in [5.74, 6) is 0.682. The average molecular weight is 420 g/mol. The van der Waals surface area contributed by atoms with E-state index in [1.54, 1.807) is 32.2 Å². The summed E-state index contributed by atoms with van der Waals surface area (Å²) in [6.07, 6.45) is 0. The molecule has 2 aromatic rings. The maximum absolute atomic E-state index is 13.3. The van der Waals surface area contributed by atoms with Crippen molar-refractivity contribution in [3.05, 3.63) is 57.1 Å². The molecule has 0 spiro atoms. The number of hydrogen-bond donors (Lipinski definition) is 0. The van der Waals surface area contributed by atoms with Crippen LogP contribution >= 0.6 is 0 Å². The number of hydrogen-bond acceptors (Lipinski definition) is 6. The number of nitro groups is 1. The quantitative estimate of drug-likeness (QED) is 0.546. The van der Waals surface area contributed by atoms with Gasteiger partial charge in [0.05, 0.1) is 16.9 Å². The van der Waals surface area contributed by atoms with E-state index in [0.29, 0.717) is 48.0 Å². The van der Waals surface area contributed by atoms with Crippen molar-refractivity contribution in [2.45, 2.75) is 25.7 Å². The van der Waals surface area contributed by atoms with E-state index in [9.17, 15) is 18.5 Å².